The van der Waals surface area contributed by atoms with Gasteiger partial charge >= 0.3 is 5.97 Å². The highest BCUT2D eigenvalue weighted by atomic mass is 16.5. The van der Waals surface area contributed by atoms with Gasteiger partial charge in [-0.3, -0.25) is 4.79 Å². The lowest BCUT2D eigenvalue weighted by Crippen LogP contribution is -1.99. The molecular weight excluding hydrogens is 248 g/mol. The number of esters is 1. The summed E-state index contributed by atoms with van der Waals surface area (Å²) in [7, 11) is 1.40. The second-order valence-corrected chi connectivity index (χ2v) is 4.56. The molecule has 2 nitrogen and oxygen atoms in total. The fourth-order valence-corrected chi connectivity index (χ4v) is 1.77. The normalized spacial score (nSPS) is 15.6. The summed E-state index contributed by atoms with van der Waals surface area (Å²) < 4.78 is 4.64. The highest BCUT2D eigenvalue weighted by Crippen LogP contribution is 2.16. The van der Waals surface area contributed by atoms with Gasteiger partial charge in [0.2, 0.25) is 0 Å². The number of ether oxygens (including phenoxy) is 1. The van der Waals surface area contributed by atoms with Crippen molar-refractivity contribution < 1.29 is 9.53 Å². The van der Waals surface area contributed by atoms with E-state index in [2.05, 4.69) is 54.7 Å². The van der Waals surface area contributed by atoms with Crippen molar-refractivity contribution in [1.82, 2.24) is 0 Å². The van der Waals surface area contributed by atoms with Gasteiger partial charge in [-0.25, -0.2) is 0 Å². The van der Waals surface area contributed by atoms with Crippen LogP contribution in [-0.4, -0.2) is 13.1 Å². The molecule has 1 aliphatic carbocycles. The van der Waals surface area contributed by atoms with Gasteiger partial charge in [-0.05, 0) is 36.5 Å². The summed E-state index contributed by atoms with van der Waals surface area (Å²) in [4.78, 5) is 11.1. The molecule has 0 saturated carbocycles. The van der Waals surface area contributed by atoms with Crippen LogP contribution in [0.4, 0.5) is 0 Å². The molecule has 1 rings (SSSR count). The maximum absolute atomic E-state index is 11.1. The van der Waals surface area contributed by atoms with Crippen LogP contribution >= 0.6 is 0 Å². The Morgan fingerprint density at radius 1 is 1.35 bits per heavy atom. The number of carbonyl (C=O) groups excluding carboxylic acids is 1. The molecule has 0 radical (unpaired) electrons. The minimum Gasteiger partial charge on any atom is -0.469 e. The Labute approximate surface area is 121 Å². The number of carbonyl (C=O) groups is 1. The Morgan fingerprint density at radius 2 is 2.15 bits per heavy atom. The lowest BCUT2D eigenvalue weighted by molar-refractivity contribution is -0.140. The molecule has 1 aliphatic rings. The standard InChI is InChI=1S/C18H22O2/c1-4-16(13-14-18(19)20-3)12-11-15(2)17-9-7-5-6-8-10-17/h4-5,7-12H,1,6,13-14H2,2-3H3/b15-11+,16-12+. The van der Waals surface area contributed by atoms with Crippen LogP contribution in [0, 0.1) is 0 Å². The largest absolute Gasteiger partial charge is 0.469 e. The van der Waals surface area contributed by atoms with Crippen LogP contribution in [0.5, 0.6) is 0 Å². The minimum atomic E-state index is -0.196. The third kappa shape index (κ3) is 5.70. The molecule has 0 unspecified atom stereocenters. The minimum absolute atomic E-state index is 0.196. The molecule has 2 heteroatoms. The van der Waals surface area contributed by atoms with Gasteiger partial charge in [0.15, 0.2) is 0 Å². The zero-order chi connectivity index (χ0) is 14.8. The van der Waals surface area contributed by atoms with Gasteiger partial charge in [-0.15, -0.1) is 0 Å². The van der Waals surface area contributed by atoms with Crippen molar-refractivity contribution in [3.63, 3.8) is 0 Å². The van der Waals surface area contributed by atoms with Gasteiger partial charge in [-0.1, -0.05) is 55.2 Å². The first-order chi connectivity index (χ1) is 9.67. The Morgan fingerprint density at radius 3 is 2.85 bits per heavy atom. The van der Waals surface area contributed by atoms with Crippen molar-refractivity contribution in [2.75, 3.05) is 7.11 Å². The van der Waals surface area contributed by atoms with E-state index in [-0.39, 0.29) is 5.97 Å². The molecule has 0 amide bonds. The van der Waals surface area contributed by atoms with E-state index < -0.39 is 0 Å². The summed E-state index contributed by atoms with van der Waals surface area (Å²) in [6.07, 6.45) is 18.4. The zero-order valence-electron chi connectivity index (χ0n) is 12.3. The van der Waals surface area contributed by atoms with Crippen LogP contribution in [0.3, 0.4) is 0 Å². The van der Waals surface area contributed by atoms with E-state index in [1.54, 1.807) is 6.08 Å². The van der Waals surface area contributed by atoms with Crippen LogP contribution in [0.25, 0.3) is 0 Å². The molecular formula is C18H22O2. The van der Waals surface area contributed by atoms with E-state index in [0.29, 0.717) is 12.8 Å². The topological polar surface area (TPSA) is 26.3 Å². The molecule has 0 saturated heterocycles. The van der Waals surface area contributed by atoms with Gasteiger partial charge in [0.1, 0.15) is 0 Å². The maximum atomic E-state index is 11.1. The first kappa shape index (κ1) is 16.0. The van der Waals surface area contributed by atoms with Gasteiger partial charge in [0.05, 0.1) is 7.11 Å². The van der Waals surface area contributed by atoms with Gasteiger partial charge < -0.3 is 4.74 Å². The zero-order valence-corrected chi connectivity index (χ0v) is 12.3. The number of rotatable bonds is 6. The molecule has 0 fully saturated rings. The molecule has 0 aromatic carbocycles. The molecule has 0 atom stereocenters. The monoisotopic (exact) mass is 270 g/mol. The van der Waals surface area contributed by atoms with E-state index in [1.165, 1.54) is 18.3 Å². The van der Waals surface area contributed by atoms with Crippen molar-refractivity contribution in [3.05, 3.63) is 71.9 Å². The van der Waals surface area contributed by atoms with Crippen LogP contribution in [0.1, 0.15) is 26.2 Å². The summed E-state index contributed by atoms with van der Waals surface area (Å²) in [5.41, 5.74) is 3.42. The molecule has 106 valence electrons. The van der Waals surface area contributed by atoms with Crippen LogP contribution in [0.2, 0.25) is 0 Å². The number of hydrogen-bond donors (Lipinski definition) is 0. The first-order valence-corrected chi connectivity index (χ1v) is 6.78. The Balaban J connectivity index is 2.72. The van der Waals surface area contributed by atoms with Crippen LogP contribution in [0.15, 0.2) is 71.9 Å². The number of hydrogen-bond acceptors (Lipinski definition) is 2. The van der Waals surface area contributed by atoms with Gasteiger partial charge in [0.25, 0.3) is 0 Å². The van der Waals surface area contributed by atoms with E-state index >= 15 is 0 Å². The van der Waals surface area contributed by atoms with E-state index in [1.807, 2.05) is 6.08 Å². The number of allylic oxidation sites excluding steroid dienone is 11. The number of methoxy groups -OCH3 is 1. The molecule has 0 aliphatic heterocycles. The molecule has 0 aromatic heterocycles. The molecule has 20 heavy (non-hydrogen) atoms. The fraction of sp³-hybridized carbons (Fsp3) is 0.278. The molecule has 0 aromatic rings. The quantitative estimate of drug-likeness (QED) is 0.527. The highest BCUT2D eigenvalue weighted by Gasteiger charge is 2.01. The van der Waals surface area contributed by atoms with Crippen LogP contribution < -0.4 is 0 Å². The predicted octanol–water partition coefficient (Wildman–Crippen LogP) is 4.44. The SMILES string of the molecule is C=C/C(=C\C=C(/C)C1=CC=CCC=C1)CCC(=O)OC. The maximum Gasteiger partial charge on any atom is 0.305 e. The highest BCUT2D eigenvalue weighted by molar-refractivity contribution is 5.69. The van der Waals surface area contributed by atoms with Crippen molar-refractivity contribution in [3.8, 4) is 0 Å². The summed E-state index contributed by atoms with van der Waals surface area (Å²) in [6.45, 7) is 5.86. The van der Waals surface area contributed by atoms with Crippen molar-refractivity contribution in [2.24, 2.45) is 0 Å². The second kappa shape index (κ2) is 8.92. The Hall–Kier alpha value is -2.09. The summed E-state index contributed by atoms with van der Waals surface area (Å²) >= 11 is 0. The average Bonchev–Trinajstić information content (AvgIpc) is 2.75. The van der Waals surface area contributed by atoms with E-state index in [4.69, 9.17) is 0 Å². The second-order valence-electron chi connectivity index (χ2n) is 4.56. The lowest BCUT2D eigenvalue weighted by Gasteiger charge is -2.02. The van der Waals surface area contributed by atoms with E-state index in [9.17, 15) is 4.79 Å². The van der Waals surface area contributed by atoms with Crippen molar-refractivity contribution in [2.45, 2.75) is 26.2 Å². The summed E-state index contributed by atoms with van der Waals surface area (Å²) in [5.74, 6) is -0.196. The smallest absolute Gasteiger partial charge is 0.305 e. The van der Waals surface area contributed by atoms with Crippen molar-refractivity contribution in [1.29, 1.82) is 0 Å². The summed E-state index contributed by atoms with van der Waals surface area (Å²) in [5, 5.41) is 0. The summed E-state index contributed by atoms with van der Waals surface area (Å²) in [6, 6.07) is 0. The lowest BCUT2D eigenvalue weighted by atomic mass is 10.0. The first-order valence-electron chi connectivity index (χ1n) is 6.78. The van der Waals surface area contributed by atoms with Gasteiger partial charge in [0, 0.05) is 6.42 Å². The predicted molar refractivity (Wildman–Crippen MR) is 84.3 cm³/mol. The average molecular weight is 270 g/mol. The molecule has 0 N–H and O–H groups in total. The Bertz CT molecular complexity index is 500. The molecule has 0 heterocycles. The fourth-order valence-electron chi connectivity index (χ4n) is 1.77. The van der Waals surface area contributed by atoms with Crippen LogP contribution in [-0.2, 0) is 9.53 Å². The Kier molecular flexibility index (Phi) is 7.12. The third-order valence-electron chi connectivity index (χ3n) is 3.09. The molecule has 0 bridgehead atoms. The third-order valence-corrected chi connectivity index (χ3v) is 3.09. The molecule has 0 spiro atoms. The van der Waals surface area contributed by atoms with Gasteiger partial charge in [-0.2, -0.15) is 0 Å². The van der Waals surface area contributed by atoms with E-state index in [0.717, 1.165) is 12.0 Å². The van der Waals surface area contributed by atoms with Crippen molar-refractivity contribution >= 4 is 5.97 Å².